The van der Waals surface area contributed by atoms with Crippen LogP contribution in [0.2, 0.25) is 0 Å². The van der Waals surface area contributed by atoms with E-state index in [0.717, 1.165) is 0 Å². The van der Waals surface area contributed by atoms with Crippen LogP contribution in [0.25, 0.3) is 0 Å². The van der Waals surface area contributed by atoms with Crippen molar-refractivity contribution in [3.8, 4) is 0 Å². The predicted octanol–water partition coefficient (Wildman–Crippen LogP) is 3.75. The number of hydrogen-bond acceptors (Lipinski definition) is 0. The zero-order chi connectivity index (χ0) is 12.2. The Bertz CT molecular complexity index is 281. The molecule has 0 nitrogen and oxygen atoms in total. The summed E-state index contributed by atoms with van der Waals surface area (Å²) in [6.45, 7) is -2.05. The molecular weight excluding hydrogens is 234 g/mol. The van der Waals surface area contributed by atoms with Crippen LogP contribution in [0.4, 0.5) is 26.3 Å². The van der Waals surface area contributed by atoms with Crippen molar-refractivity contribution in [2.75, 3.05) is 6.67 Å². The highest BCUT2D eigenvalue weighted by molar-refractivity contribution is 5.12. The van der Waals surface area contributed by atoms with Crippen molar-refractivity contribution >= 4 is 0 Å². The van der Waals surface area contributed by atoms with Crippen LogP contribution in [0.15, 0.2) is 0 Å². The van der Waals surface area contributed by atoms with Gasteiger partial charge in [0.1, 0.15) is 6.67 Å². The van der Waals surface area contributed by atoms with Gasteiger partial charge in [-0.2, -0.15) is 17.6 Å². The summed E-state index contributed by atoms with van der Waals surface area (Å²) >= 11 is 0. The quantitative estimate of drug-likeness (QED) is 0.648. The Morgan fingerprint density at radius 1 is 0.812 bits per heavy atom. The normalized spacial score (nSPS) is 26.6. The maximum Gasteiger partial charge on any atom is 0.346 e. The molecule has 2 saturated carbocycles. The molecule has 0 aromatic carbocycles. The molecule has 0 amide bonds. The lowest BCUT2D eigenvalue weighted by Crippen LogP contribution is -2.59. The Hall–Kier alpha value is -0.420. The highest BCUT2D eigenvalue weighted by Crippen LogP contribution is 2.60. The van der Waals surface area contributed by atoms with Crippen molar-refractivity contribution in [2.24, 2.45) is 11.8 Å². The van der Waals surface area contributed by atoms with E-state index in [4.69, 9.17) is 0 Å². The van der Waals surface area contributed by atoms with Crippen molar-refractivity contribution < 1.29 is 26.3 Å². The molecular formula is C10H12F6. The molecule has 94 valence electrons. The fourth-order valence-corrected chi connectivity index (χ4v) is 1.97. The summed E-state index contributed by atoms with van der Waals surface area (Å²) in [4.78, 5) is 0. The zero-order valence-corrected chi connectivity index (χ0v) is 8.46. The molecule has 1 unspecified atom stereocenters. The summed E-state index contributed by atoms with van der Waals surface area (Å²) in [5.74, 6) is -12.1. The van der Waals surface area contributed by atoms with Gasteiger partial charge in [0.2, 0.25) is 5.67 Å². The molecule has 0 bridgehead atoms. The van der Waals surface area contributed by atoms with E-state index in [-0.39, 0.29) is 25.7 Å². The van der Waals surface area contributed by atoms with Crippen molar-refractivity contribution in [3.63, 3.8) is 0 Å². The summed E-state index contributed by atoms with van der Waals surface area (Å²) in [7, 11) is 0. The van der Waals surface area contributed by atoms with Crippen LogP contribution >= 0.6 is 0 Å². The molecule has 0 aliphatic heterocycles. The van der Waals surface area contributed by atoms with E-state index in [1.807, 2.05) is 0 Å². The molecule has 0 aromatic rings. The van der Waals surface area contributed by atoms with Crippen LogP contribution in [-0.4, -0.2) is 24.2 Å². The van der Waals surface area contributed by atoms with E-state index in [2.05, 4.69) is 0 Å². The molecule has 0 heterocycles. The second-order valence-corrected chi connectivity index (χ2v) is 4.74. The van der Waals surface area contributed by atoms with Crippen molar-refractivity contribution in [2.45, 2.75) is 43.2 Å². The maximum atomic E-state index is 13.8. The zero-order valence-electron chi connectivity index (χ0n) is 8.46. The minimum atomic E-state index is -4.91. The number of hydrogen-bond donors (Lipinski definition) is 0. The average molecular weight is 246 g/mol. The van der Waals surface area contributed by atoms with Gasteiger partial charge >= 0.3 is 11.8 Å². The fourth-order valence-electron chi connectivity index (χ4n) is 1.97. The Kier molecular flexibility index (Phi) is 2.48. The Labute approximate surface area is 89.0 Å². The van der Waals surface area contributed by atoms with Gasteiger partial charge in [-0.15, -0.1) is 0 Å². The van der Waals surface area contributed by atoms with Gasteiger partial charge in [0.25, 0.3) is 0 Å². The van der Waals surface area contributed by atoms with Gasteiger partial charge in [0.15, 0.2) is 0 Å². The van der Waals surface area contributed by atoms with Gasteiger partial charge in [-0.05, 0) is 25.7 Å². The molecule has 1 atom stereocenters. The van der Waals surface area contributed by atoms with Gasteiger partial charge < -0.3 is 0 Å². The minimum absolute atomic E-state index is 0.0460. The van der Waals surface area contributed by atoms with Gasteiger partial charge in [0.05, 0.1) is 0 Å². The first-order valence-electron chi connectivity index (χ1n) is 5.28. The van der Waals surface area contributed by atoms with Crippen molar-refractivity contribution in [3.05, 3.63) is 0 Å². The largest absolute Gasteiger partial charge is 0.346 e. The molecule has 2 fully saturated rings. The first-order chi connectivity index (χ1) is 7.27. The summed E-state index contributed by atoms with van der Waals surface area (Å²) in [6, 6.07) is 0. The van der Waals surface area contributed by atoms with E-state index in [9.17, 15) is 26.3 Å². The van der Waals surface area contributed by atoms with E-state index < -0.39 is 36.0 Å². The molecule has 0 aromatic heterocycles. The van der Waals surface area contributed by atoms with Crippen LogP contribution < -0.4 is 0 Å². The molecule has 6 heteroatoms. The monoisotopic (exact) mass is 246 g/mol. The molecule has 0 spiro atoms. The Morgan fingerprint density at radius 2 is 1.25 bits per heavy atom. The Morgan fingerprint density at radius 3 is 1.56 bits per heavy atom. The molecule has 0 radical (unpaired) electrons. The fraction of sp³-hybridized carbons (Fsp3) is 1.00. The van der Waals surface area contributed by atoms with Crippen molar-refractivity contribution in [1.82, 2.24) is 0 Å². The standard InChI is InChI=1S/C10H12F6/c11-5-8(12,6-1-2-6)10(15,16)9(13,14)7-3-4-7/h6-7H,1-5H2. The number of halogens is 6. The summed E-state index contributed by atoms with van der Waals surface area (Å²) in [5.41, 5.74) is -3.70. The first-order valence-corrected chi connectivity index (χ1v) is 5.28. The smallest absolute Gasteiger partial charge is 0.247 e. The van der Waals surface area contributed by atoms with E-state index in [1.165, 1.54) is 0 Å². The second kappa shape index (κ2) is 3.29. The Balaban J connectivity index is 2.27. The first kappa shape index (κ1) is 12.0. The van der Waals surface area contributed by atoms with Gasteiger partial charge in [-0.25, -0.2) is 8.78 Å². The van der Waals surface area contributed by atoms with Crippen molar-refractivity contribution in [1.29, 1.82) is 0 Å². The summed E-state index contributed by atoms with van der Waals surface area (Å²) in [5, 5.41) is 0. The third kappa shape index (κ3) is 1.44. The van der Waals surface area contributed by atoms with Gasteiger partial charge in [-0.1, -0.05) is 0 Å². The lowest BCUT2D eigenvalue weighted by Gasteiger charge is -2.36. The van der Waals surface area contributed by atoms with E-state index in [0.29, 0.717) is 0 Å². The molecule has 0 saturated heterocycles. The lowest BCUT2D eigenvalue weighted by molar-refractivity contribution is -0.288. The minimum Gasteiger partial charge on any atom is -0.247 e. The third-order valence-corrected chi connectivity index (χ3v) is 3.45. The van der Waals surface area contributed by atoms with E-state index in [1.54, 1.807) is 0 Å². The molecule has 2 rings (SSSR count). The average Bonchev–Trinajstić information content (AvgIpc) is 3.07. The summed E-state index contributed by atoms with van der Waals surface area (Å²) in [6.07, 6.45) is 0.0127. The molecule has 2 aliphatic rings. The highest BCUT2D eigenvalue weighted by Gasteiger charge is 2.76. The second-order valence-electron chi connectivity index (χ2n) is 4.74. The number of rotatable bonds is 5. The third-order valence-electron chi connectivity index (χ3n) is 3.45. The molecule has 2 aliphatic carbocycles. The van der Waals surface area contributed by atoms with Crippen LogP contribution in [0.1, 0.15) is 25.7 Å². The SMILES string of the molecule is FCC(F)(C1CC1)C(F)(F)C(F)(F)C1CC1. The van der Waals surface area contributed by atoms with Crippen LogP contribution in [0.3, 0.4) is 0 Å². The highest BCUT2D eigenvalue weighted by atomic mass is 19.3. The van der Waals surface area contributed by atoms with E-state index >= 15 is 0 Å². The summed E-state index contributed by atoms with van der Waals surface area (Å²) < 4.78 is 79.8. The lowest BCUT2D eigenvalue weighted by atomic mass is 9.87. The molecule has 16 heavy (non-hydrogen) atoms. The van der Waals surface area contributed by atoms with Crippen LogP contribution in [0, 0.1) is 11.8 Å². The predicted molar refractivity (Wildman–Crippen MR) is 45.2 cm³/mol. The van der Waals surface area contributed by atoms with Crippen LogP contribution in [-0.2, 0) is 0 Å². The van der Waals surface area contributed by atoms with Crippen LogP contribution in [0.5, 0.6) is 0 Å². The van der Waals surface area contributed by atoms with Gasteiger partial charge in [0, 0.05) is 11.8 Å². The number of alkyl halides is 6. The van der Waals surface area contributed by atoms with Gasteiger partial charge in [-0.3, -0.25) is 0 Å². The maximum absolute atomic E-state index is 13.8. The molecule has 0 N–H and O–H groups in total. The topological polar surface area (TPSA) is 0 Å².